The first-order chi connectivity index (χ1) is 9.79. The predicted molar refractivity (Wildman–Crippen MR) is 85.6 cm³/mol. The average Bonchev–Trinajstić information content (AvgIpc) is 2.40. The summed E-state index contributed by atoms with van der Waals surface area (Å²) in [5.41, 5.74) is 0.552. The van der Waals surface area contributed by atoms with Crippen molar-refractivity contribution in [1.29, 1.82) is 0 Å². The maximum Gasteiger partial charge on any atom is 0.265 e. The van der Waals surface area contributed by atoms with Crippen molar-refractivity contribution in [2.75, 3.05) is 0 Å². The summed E-state index contributed by atoms with van der Waals surface area (Å²) in [7, 11) is 1.43. The highest BCUT2D eigenvalue weighted by Gasteiger charge is 2.18. The lowest BCUT2D eigenvalue weighted by Crippen LogP contribution is -2.02. The molecular weight excluding hydrogens is 450 g/mol. The summed E-state index contributed by atoms with van der Waals surface area (Å²) in [6, 6.07) is 8.97. The fraction of sp³-hybridized carbons (Fsp3) is 0.0769. The molecule has 0 saturated carbocycles. The van der Waals surface area contributed by atoms with E-state index >= 15 is 0 Å². The molecule has 8 heteroatoms. The smallest absolute Gasteiger partial charge is 0.265 e. The lowest BCUT2D eigenvalue weighted by atomic mass is 10.2. The molecule has 2 rings (SSSR count). The van der Waals surface area contributed by atoms with Gasteiger partial charge in [0.05, 0.1) is 4.47 Å². The molecule has 0 unspecified atom stereocenters. The molecule has 0 aliphatic rings. The van der Waals surface area contributed by atoms with Gasteiger partial charge in [0.15, 0.2) is 0 Å². The molecule has 0 fully saturated rings. The van der Waals surface area contributed by atoms with Crippen LogP contribution in [-0.4, -0.2) is 8.42 Å². The molecule has 2 aromatic rings. The first kappa shape index (κ1) is 16.7. The monoisotopic (exact) mass is 456 g/mol. The summed E-state index contributed by atoms with van der Waals surface area (Å²) in [6.45, 7) is -0.000611. The minimum Gasteiger partial charge on any atom is -0.487 e. The number of benzene rings is 2. The Labute approximate surface area is 142 Å². The van der Waals surface area contributed by atoms with Crippen molar-refractivity contribution in [1.82, 2.24) is 0 Å². The molecule has 0 heterocycles. The van der Waals surface area contributed by atoms with Gasteiger partial charge in [-0.05, 0) is 40.2 Å². The van der Waals surface area contributed by atoms with Gasteiger partial charge in [-0.2, -0.15) is 0 Å². The van der Waals surface area contributed by atoms with Crippen LogP contribution in [0, 0.1) is 5.82 Å². The van der Waals surface area contributed by atoms with Crippen molar-refractivity contribution in [3.05, 3.63) is 56.7 Å². The third-order valence-electron chi connectivity index (χ3n) is 2.58. The highest BCUT2D eigenvalue weighted by molar-refractivity contribution is 9.10. The van der Waals surface area contributed by atoms with Gasteiger partial charge in [0, 0.05) is 20.7 Å². The highest BCUT2D eigenvalue weighted by atomic mass is 79.9. The summed E-state index contributed by atoms with van der Waals surface area (Å²) in [5.74, 6) is -0.318. The Hall–Kier alpha value is -0.630. The van der Waals surface area contributed by atoms with Gasteiger partial charge < -0.3 is 4.74 Å². The summed E-state index contributed by atoms with van der Waals surface area (Å²) < 4.78 is 42.8. The molecule has 21 heavy (non-hydrogen) atoms. The van der Waals surface area contributed by atoms with Gasteiger partial charge in [0.2, 0.25) is 0 Å². The van der Waals surface area contributed by atoms with E-state index in [0.717, 1.165) is 0 Å². The summed E-state index contributed by atoms with van der Waals surface area (Å²) in [6.07, 6.45) is 0. The first-order valence-corrected chi connectivity index (χ1v) is 9.48. The van der Waals surface area contributed by atoms with Crippen molar-refractivity contribution in [3.63, 3.8) is 0 Å². The number of halogens is 4. The zero-order valence-corrected chi connectivity index (χ0v) is 15.1. The van der Waals surface area contributed by atoms with E-state index in [2.05, 4.69) is 31.9 Å². The number of ether oxygens (including phenoxy) is 1. The highest BCUT2D eigenvalue weighted by Crippen LogP contribution is 2.31. The lowest BCUT2D eigenvalue weighted by Gasteiger charge is -2.11. The molecule has 0 spiro atoms. The van der Waals surface area contributed by atoms with Crippen LogP contribution < -0.4 is 4.74 Å². The van der Waals surface area contributed by atoms with E-state index in [-0.39, 0.29) is 21.7 Å². The van der Waals surface area contributed by atoms with Crippen molar-refractivity contribution in [2.45, 2.75) is 11.5 Å². The second-order valence-electron chi connectivity index (χ2n) is 4.03. The molecule has 0 aromatic heterocycles. The molecule has 0 amide bonds. The standard InChI is InChI=1S/C13H8Br2ClFO3S/c14-9-4-5-11(12(6-9)21(16,18)19)20-7-8-2-1-3-10(17)13(8)15/h1-6H,7H2. The van der Waals surface area contributed by atoms with E-state index in [1.54, 1.807) is 18.2 Å². The van der Waals surface area contributed by atoms with Crippen LogP contribution in [0.25, 0.3) is 0 Å². The predicted octanol–water partition coefficient (Wildman–Crippen LogP) is 4.86. The fourth-order valence-electron chi connectivity index (χ4n) is 1.61. The number of hydrogen-bond acceptors (Lipinski definition) is 3. The van der Waals surface area contributed by atoms with Crippen LogP contribution in [0.4, 0.5) is 4.39 Å². The zero-order chi connectivity index (χ0) is 15.6. The molecule has 0 aliphatic carbocycles. The Bertz CT molecular complexity index is 781. The Balaban J connectivity index is 2.31. The van der Waals surface area contributed by atoms with Crippen LogP contribution in [-0.2, 0) is 15.7 Å². The summed E-state index contributed by atoms with van der Waals surface area (Å²) in [5, 5.41) is 0. The van der Waals surface area contributed by atoms with E-state index in [4.69, 9.17) is 15.4 Å². The van der Waals surface area contributed by atoms with E-state index in [1.165, 1.54) is 18.2 Å². The molecule has 2 aromatic carbocycles. The van der Waals surface area contributed by atoms with Crippen LogP contribution in [0.15, 0.2) is 50.2 Å². The molecule has 3 nitrogen and oxygen atoms in total. The minimum atomic E-state index is -3.95. The lowest BCUT2D eigenvalue weighted by molar-refractivity contribution is 0.296. The minimum absolute atomic E-state index is 0.000611. The van der Waals surface area contributed by atoms with E-state index < -0.39 is 14.9 Å². The summed E-state index contributed by atoms with van der Waals surface area (Å²) in [4.78, 5) is -0.147. The molecule has 0 atom stereocenters. The molecule has 112 valence electrons. The SMILES string of the molecule is O=S(=O)(Cl)c1cc(Br)ccc1OCc1cccc(F)c1Br. The molecule has 0 bridgehead atoms. The normalized spacial score (nSPS) is 11.4. The first-order valence-electron chi connectivity index (χ1n) is 5.59. The van der Waals surface area contributed by atoms with Crippen LogP contribution in [0.3, 0.4) is 0 Å². The van der Waals surface area contributed by atoms with Gasteiger partial charge in [-0.15, -0.1) is 0 Å². The van der Waals surface area contributed by atoms with E-state index in [1.807, 2.05) is 0 Å². The second-order valence-corrected chi connectivity index (χ2v) is 8.27. The largest absolute Gasteiger partial charge is 0.487 e. The van der Waals surface area contributed by atoms with Crippen molar-refractivity contribution >= 4 is 51.6 Å². The van der Waals surface area contributed by atoms with Crippen LogP contribution in [0.5, 0.6) is 5.75 Å². The fourth-order valence-corrected chi connectivity index (χ4v) is 3.50. The quantitative estimate of drug-likeness (QED) is 0.615. The van der Waals surface area contributed by atoms with Gasteiger partial charge in [0.1, 0.15) is 23.1 Å². The molecular formula is C13H8Br2ClFO3S. The second kappa shape index (κ2) is 6.64. The van der Waals surface area contributed by atoms with Crippen molar-refractivity contribution in [3.8, 4) is 5.75 Å². The average molecular weight is 459 g/mol. The Morgan fingerprint density at radius 3 is 2.57 bits per heavy atom. The third-order valence-corrected chi connectivity index (χ3v) is 5.31. The Morgan fingerprint density at radius 1 is 1.19 bits per heavy atom. The van der Waals surface area contributed by atoms with E-state index in [0.29, 0.717) is 10.0 Å². The van der Waals surface area contributed by atoms with Crippen molar-refractivity contribution < 1.29 is 17.5 Å². The number of hydrogen-bond donors (Lipinski definition) is 0. The van der Waals surface area contributed by atoms with Gasteiger partial charge in [0.25, 0.3) is 9.05 Å². The van der Waals surface area contributed by atoms with Crippen LogP contribution in [0.1, 0.15) is 5.56 Å². The number of rotatable bonds is 4. The van der Waals surface area contributed by atoms with Gasteiger partial charge in [-0.1, -0.05) is 28.1 Å². The zero-order valence-electron chi connectivity index (χ0n) is 10.3. The van der Waals surface area contributed by atoms with Gasteiger partial charge in [-0.25, -0.2) is 12.8 Å². The van der Waals surface area contributed by atoms with Gasteiger partial charge >= 0.3 is 0 Å². The van der Waals surface area contributed by atoms with Crippen LogP contribution >= 0.6 is 42.5 Å². The third kappa shape index (κ3) is 4.18. The molecule has 0 aliphatic heterocycles. The Morgan fingerprint density at radius 2 is 1.90 bits per heavy atom. The van der Waals surface area contributed by atoms with Crippen LogP contribution in [0.2, 0.25) is 0 Å². The Kier molecular flexibility index (Phi) is 5.29. The molecule has 0 radical (unpaired) electrons. The van der Waals surface area contributed by atoms with E-state index in [9.17, 15) is 12.8 Å². The maximum atomic E-state index is 13.4. The van der Waals surface area contributed by atoms with Crippen molar-refractivity contribution in [2.24, 2.45) is 0 Å². The maximum absolute atomic E-state index is 13.4. The topological polar surface area (TPSA) is 43.4 Å². The summed E-state index contributed by atoms with van der Waals surface area (Å²) >= 11 is 6.29. The van der Waals surface area contributed by atoms with Gasteiger partial charge in [-0.3, -0.25) is 0 Å². The molecule has 0 N–H and O–H groups in total. The molecule has 0 saturated heterocycles.